The van der Waals surface area contributed by atoms with Crippen LogP contribution < -0.4 is 0 Å². The van der Waals surface area contributed by atoms with Crippen molar-refractivity contribution in [3.8, 4) is 0 Å². The molecule has 0 aliphatic heterocycles. The predicted octanol–water partition coefficient (Wildman–Crippen LogP) is 3.31. The monoisotopic (exact) mass is 301 g/mol. The minimum Gasteiger partial charge on any atom is -0.456 e. The third-order valence-corrected chi connectivity index (χ3v) is 3.32. The number of furan rings is 1. The molecule has 4 nitrogen and oxygen atoms in total. The van der Waals surface area contributed by atoms with Crippen LogP contribution in [0.1, 0.15) is 41.3 Å². The fourth-order valence-electron chi connectivity index (χ4n) is 2.47. The highest BCUT2D eigenvalue weighted by Crippen LogP contribution is 2.19. The standard InChI is InChI=1S/C18H23NO3/c1-13-10-14(2)22-16(13)17(20)19(12-18(3,4)21)11-15-8-6-5-7-9-15/h5-10,21H,11-12H2,1-4H3. The van der Waals surface area contributed by atoms with Gasteiger partial charge in [-0.3, -0.25) is 4.79 Å². The Hall–Kier alpha value is -2.07. The molecule has 0 unspecified atom stereocenters. The van der Waals surface area contributed by atoms with Gasteiger partial charge in [0, 0.05) is 18.7 Å². The van der Waals surface area contributed by atoms with Gasteiger partial charge < -0.3 is 14.4 Å². The van der Waals surface area contributed by atoms with Gasteiger partial charge in [-0.15, -0.1) is 0 Å². The molecule has 1 aromatic heterocycles. The van der Waals surface area contributed by atoms with Crippen LogP contribution in [0.2, 0.25) is 0 Å². The summed E-state index contributed by atoms with van der Waals surface area (Å²) in [6, 6.07) is 11.6. The van der Waals surface area contributed by atoms with E-state index in [-0.39, 0.29) is 12.5 Å². The van der Waals surface area contributed by atoms with Crippen LogP contribution in [-0.4, -0.2) is 28.1 Å². The topological polar surface area (TPSA) is 53.7 Å². The zero-order valence-corrected chi connectivity index (χ0v) is 13.6. The van der Waals surface area contributed by atoms with Gasteiger partial charge in [-0.1, -0.05) is 30.3 Å². The van der Waals surface area contributed by atoms with Crippen LogP contribution in [-0.2, 0) is 6.54 Å². The van der Waals surface area contributed by atoms with E-state index in [1.807, 2.05) is 50.2 Å². The average Bonchev–Trinajstić information content (AvgIpc) is 2.76. The van der Waals surface area contributed by atoms with E-state index in [4.69, 9.17) is 4.42 Å². The number of amides is 1. The maximum absolute atomic E-state index is 12.8. The molecule has 0 atom stereocenters. The van der Waals surface area contributed by atoms with Crippen LogP contribution in [0.15, 0.2) is 40.8 Å². The van der Waals surface area contributed by atoms with E-state index in [1.54, 1.807) is 18.7 Å². The van der Waals surface area contributed by atoms with Crippen molar-refractivity contribution in [2.24, 2.45) is 0 Å². The van der Waals surface area contributed by atoms with Gasteiger partial charge in [0.05, 0.1) is 5.60 Å². The fourth-order valence-corrected chi connectivity index (χ4v) is 2.47. The second kappa shape index (κ2) is 6.36. The number of rotatable bonds is 5. The lowest BCUT2D eigenvalue weighted by molar-refractivity contribution is 0.0262. The molecule has 0 radical (unpaired) electrons. The summed E-state index contributed by atoms with van der Waals surface area (Å²) in [6.07, 6.45) is 0. The maximum Gasteiger partial charge on any atom is 0.290 e. The summed E-state index contributed by atoms with van der Waals surface area (Å²) >= 11 is 0. The number of benzene rings is 1. The lowest BCUT2D eigenvalue weighted by atomic mass is 10.1. The molecule has 22 heavy (non-hydrogen) atoms. The Kier molecular flexibility index (Phi) is 4.71. The van der Waals surface area contributed by atoms with Crippen molar-refractivity contribution >= 4 is 5.91 Å². The van der Waals surface area contributed by atoms with Gasteiger partial charge in [0.15, 0.2) is 5.76 Å². The molecule has 2 aromatic rings. The van der Waals surface area contributed by atoms with Gasteiger partial charge >= 0.3 is 0 Å². The molecule has 0 saturated carbocycles. The number of hydrogen-bond acceptors (Lipinski definition) is 3. The Balaban J connectivity index is 2.27. The number of hydrogen-bond donors (Lipinski definition) is 1. The van der Waals surface area contributed by atoms with Crippen molar-refractivity contribution in [3.05, 3.63) is 59.0 Å². The summed E-state index contributed by atoms with van der Waals surface area (Å²) in [7, 11) is 0. The molecule has 1 heterocycles. The van der Waals surface area contributed by atoms with E-state index in [2.05, 4.69) is 0 Å². The van der Waals surface area contributed by atoms with Crippen molar-refractivity contribution in [3.63, 3.8) is 0 Å². The molecule has 0 aliphatic carbocycles. The predicted molar refractivity (Wildman–Crippen MR) is 85.7 cm³/mol. The third-order valence-electron chi connectivity index (χ3n) is 3.32. The minimum absolute atomic E-state index is 0.198. The second-order valence-electron chi connectivity index (χ2n) is 6.33. The van der Waals surface area contributed by atoms with Crippen LogP contribution in [0.5, 0.6) is 0 Å². The lowest BCUT2D eigenvalue weighted by Gasteiger charge is -2.28. The SMILES string of the molecule is Cc1cc(C)c(C(=O)N(Cc2ccccc2)CC(C)(C)O)o1. The van der Waals surface area contributed by atoms with Crippen LogP contribution in [0, 0.1) is 13.8 Å². The Morgan fingerprint density at radius 2 is 1.86 bits per heavy atom. The normalized spacial score (nSPS) is 11.5. The van der Waals surface area contributed by atoms with Crippen LogP contribution in [0.25, 0.3) is 0 Å². The molecule has 0 saturated heterocycles. The first-order valence-electron chi connectivity index (χ1n) is 7.39. The van der Waals surface area contributed by atoms with Crippen LogP contribution in [0.4, 0.5) is 0 Å². The molecule has 2 rings (SSSR count). The molecule has 1 aromatic carbocycles. The molecule has 4 heteroatoms. The zero-order valence-electron chi connectivity index (χ0n) is 13.6. The number of nitrogens with zero attached hydrogens (tertiary/aromatic N) is 1. The molecular formula is C18H23NO3. The Morgan fingerprint density at radius 1 is 1.23 bits per heavy atom. The largest absolute Gasteiger partial charge is 0.456 e. The van der Waals surface area contributed by atoms with E-state index < -0.39 is 5.60 Å². The molecular weight excluding hydrogens is 278 g/mol. The smallest absolute Gasteiger partial charge is 0.290 e. The van der Waals surface area contributed by atoms with E-state index in [0.29, 0.717) is 18.1 Å². The summed E-state index contributed by atoms with van der Waals surface area (Å²) in [5.41, 5.74) is 0.859. The molecule has 0 fully saturated rings. The lowest BCUT2D eigenvalue weighted by Crippen LogP contribution is -2.41. The summed E-state index contributed by atoms with van der Waals surface area (Å²) in [5.74, 6) is 0.859. The van der Waals surface area contributed by atoms with Gasteiger partial charge in [0.2, 0.25) is 0 Å². The van der Waals surface area contributed by atoms with Crippen LogP contribution >= 0.6 is 0 Å². The fraction of sp³-hybridized carbons (Fsp3) is 0.389. The van der Waals surface area contributed by atoms with Crippen molar-refractivity contribution in [2.45, 2.75) is 39.8 Å². The number of carbonyl (C=O) groups is 1. The molecule has 0 spiro atoms. The van der Waals surface area contributed by atoms with Gasteiger partial charge in [-0.05, 0) is 39.3 Å². The maximum atomic E-state index is 12.8. The van der Waals surface area contributed by atoms with Crippen molar-refractivity contribution < 1.29 is 14.3 Å². The zero-order chi connectivity index (χ0) is 16.3. The number of carbonyl (C=O) groups excluding carboxylic acids is 1. The summed E-state index contributed by atoms with van der Waals surface area (Å²) in [4.78, 5) is 14.4. The van der Waals surface area contributed by atoms with Crippen molar-refractivity contribution in [2.75, 3.05) is 6.54 Å². The summed E-state index contributed by atoms with van der Waals surface area (Å²) in [6.45, 7) is 7.73. The van der Waals surface area contributed by atoms with Crippen molar-refractivity contribution in [1.29, 1.82) is 0 Å². The van der Waals surface area contributed by atoms with E-state index in [9.17, 15) is 9.90 Å². The van der Waals surface area contributed by atoms with Gasteiger partial charge in [0.25, 0.3) is 5.91 Å². The minimum atomic E-state index is -0.972. The molecule has 0 aliphatic rings. The van der Waals surface area contributed by atoms with Gasteiger partial charge in [-0.25, -0.2) is 0 Å². The van der Waals surface area contributed by atoms with Gasteiger partial charge in [-0.2, -0.15) is 0 Å². The van der Waals surface area contributed by atoms with E-state index >= 15 is 0 Å². The summed E-state index contributed by atoms with van der Waals surface area (Å²) in [5, 5.41) is 10.1. The Labute approximate surface area is 131 Å². The number of aliphatic hydroxyl groups is 1. The van der Waals surface area contributed by atoms with Gasteiger partial charge in [0.1, 0.15) is 5.76 Å². The number of aryl methyl sites for hydroxylation is 2. The first-order chi connectivity index (χ1) is 10.3. The Bertz CT molecular complexity index is 638. The first kappa shape index (κ1) is 16.3. The Morgan fingerprint density at radius 3 is 2.36 bits per heavy atom. The van der Waals surface area contributed by atoms with E-state index in [0.717, 1.165) is 11.1 Å². The summed E-state index contributed by atoms with van der Waals surface area (Å²) < 4.78 is 5.54. The average molecular weight is 301 g/mol. The molecule has 1 N–H and O–H groups in total. The second-order valence-corrected chi connectivity index (χ2v) is 6.33. The third kappa shape index (κ3) is 4.21. The highest BCUT2D eigenvalue weighted by Gasteiger charge is 2.26. The van der Waals surface area contributed by atoms with Crippen LogP contribution in [0.3, 0.4) is 0 Å². The molecule has 118 valence electrons. The van der Waals surface area contributed by atoms with E-state index in [1.165, 1.54) is 0 Å². The molecule has 0 bridgehead atoms. The first-order valence-corrected chi connectivity index (χ1v) is 7.39. The molecule has 1 amide bonds. The van der Waals surface area contributed by atoms with Crippen molar-refractivity contribution in [1.82, 2.24) is 4.90 Å². The quantitative estimate of drug-likeness (QED) is 0.922. The highest BCUT2D eigenvalue weighted by atomic mass is 16.4. The highest BCUT2D eigenvalue weighted by molar-refractivity contribution is 5.93.